The van der Waals surface area contributed by atoms with Crippen molar-refractivity contribution < 1.29 is 37.3 Å². The van der Waals surface area contributed by atoms with E-state index >= 15 is 0 Å². The van der Waals surface area contributed by atoms with Crippen LogP contribution in [0.15, 0.2) is 102 Å². The van der Waals surface area contributed by atoms with Gasteiger partial charge in [0.25, 0.3) is 0 Å². The van der Waals surface area contributed by atoms with Crippen LogP contribution in [0.25, 0.3) is 0 Å². The molecule has 0 aliphatic rings. The van der Waals surface area contributed by atoms with Gasteiger partial charge in [-0.15, -0.1) is 0 Å². The van der Waals surface area contributed by atoms with Crippen molar-refractivity contribution in [1.29, 1.82) is 0 Å². The monoisotopic (exact) mass is 842 g/mol. The molecule has 3 rings (SSSR count). The molecule has 3 aromatic carbocycles. The van der Waals surface area contributed by atoms with E-state index in [1.165, 1.54) is 44.9 Å². The van der Waals surface area contributed by atoms with E-state index in [0.717, 1.165) is 53.3 Å². The molecule has 55 heavy (non-hydrogen) atoms. The maximum absolute atomic E-state index is 13.3. The predicted molar refractivity (Wildman–Crippen MR) is 227 cm³/mol. The lowest BCUT2D eigenvalue weighted by Crippen LogP contribution is -2.38. The van der Waals surface area contributed by atoms with Crippen molar-refractivity contribution in [3.8, 4) is 0 Å². The van der Waals surface area contributed by atoms with Gasteiger partial charge in [-0.3, -0.25) is 13.8 Å². The lowest BCUT2D eigenvalue weighted by Gasteiger charge is -2.37. The number of unbranched alkanes of at least 4 members (excludes halogenated alkanes) is 11. The van der Waals surface area contributed by atoms with Crippen molar-refractivity contribution in [2.75, 3.05) is 47.5 Å². The van der Waals surface area contributed by atoms with E-state index in [0.29, 0.717) is 17.4 Å². The van der Waals surface area contributed by atoms with Crippen LogP contribution in [-0.2, 0) is 33.5 Å². The number of esters is 1. The average Bonchev–Trinajstić information content (AvgIpc) is 3.16. The smallest absolute Gasteiger partial charge is 0.457 e. The number of nitrogens with zero attached hydrogens (tertiary/aromatic N) is 1. The molecule has 0 fully saturated rings. The molecule has 2 atom stereocenters. The molecule has 0 aromatic heterocycles. The molecule has 8 nitrogen and oxygen atoms in total. The van der Waals surface area contributed by atoms with E-state index in [1.54, 1.807) is 0 Å². The number of carbonyl (C=O) groups is 1. The summed E-state index contributed by atoms with van der Waals surface area (Å²) in [7, 11) is 1.45. The van der Waals surface area contributed by atoms with Gasteiger partial charge < -0.3 is 18.9 Å². The lowest BCUT2D eigenvalue weighted by atomic mass is 9.80. The second-order valence-corrected chi connectivity index (χ2v) is 17.7. The average molecular weight is 844 g/mol. The van der Waals surface area contributed by atoms with Gasteiger partial charge in [-0.25, -0.2) is 4.57 Å². The quantitative estimate of drug-likeness (QED) is 0.0186. The third-order valence-electron chi connectivity index (χ3n) is 9.48. The Morgan fingerprint density at radius 1 is 0.727 bits per heavy atom. The third kappa shape index (κ3) is 18.5. The van der Waals surface area contributed by atoms with Crippen LogP contribution in [0.2, 0.25) is 0 Å². The van der Waals surface area contributed by atoms with Crippen molar-refractivity contribution >= 4 is 29.7 Å². The van der Waals surface area contributed by atoms with Crippen LogP contribution < -0.4 is 0 Å². The van der Waals surface area contributed by atoms with Crippen LogP contribution in [-0.4, -0.2) is 69.0 Å². The van der Waals surface area contributed by atoms with Gasteiger partial charge in [-0.05, 0) is 60.9 Å². The molecule has 0 saturated heterocycles. The minimum Gasteiger partial charge on any atom is -0.457 e. The molecule has 1 N–H and O–H groups in total. The highest BCUT2D eigenvalue weighted by molar-refractivity contribution is 9.10. The Bertz CT molecular complexity index is 1510. The summed E-state index contributed by atoms with van der Waals surface area (Å²) in [6.07, 6.45) is 19.1. The molecule has 0 amide bonds. The van der Waals surface area contributed by atoms with Crippen LogP contribution >= 0.6 is 23.8 Å². The molecule has 0 aliphatic heterocycles. The van der Waals surface area contributed by atoms with Crippen molar-refractivity contribution in [2.24, 2.45) is 0 Å². The fourth-order valence-electron chi connectivity index (χ4n) is 6.34. The molecule has 0 aliphatic carbocycles. The lowest BCUT2D eigenvalue weighted by molar-refractivity contribution is -0.870. The highest BCUT2D eigenvalue weighted by Gasteiger charge is 2.39. The van der Waals surface area contributed by atoms with Gasteiger partial charge in [0.15, 0.2) is 0 Å². The summed E-state index contributed by atoms with van der Waals surface area (Å²) < 4.78 is 38.0. The zero-order valence-electron chi connectivity index (χ0n) is 33.7. The zero-order valence-corrected chi connectivity index (χ0v) is 36.2. The molecule has 0 saturated carbocycles. The van der Waals surface area contributed by atoms with E-state index in [9.17, 15) is 14.3 Å². The van der Waals surface area contributed by atoms with Gasteiger partial charge in [-0.1, -0.05) is 159 Å². The van der Waals surface area contributed by atoms with Crippen molar-refractivity contribution in [3.63, 3.8) is 0 Å². The second-order valence-electron chi connectivity index (χ2n) is 15.3. The maximum atomic E-state index is 13.3. The molecule has 0 heterocycles. The van der Waals surface area contributed by atoms with E-state index in [4.69, 9.17) is 18.5 Å². The number of rotatable bonds is 29. The number of hydrogen-bond donors (Lipinski definition) is 1. The molecule has 0 spiro atoms. The number of phosphoric ester groups is 1. The van der Waals surface area contributed by atoms with E-state index < -0.39 is 25.5 Å². The first-order chi connectivity index (χ1) is 26.4. The summed E-state index contributed by atoms with van der Waals surface area (Å²) >= 11 is 3.56. The SMILES string of the molecule is CCCCCCCC/C=C\CCCCCCCC(=O)O[C@H](COC(c1ccccc1)(c1ccccc1)c1ccc(Br)cc1)COP(=O)(O)OCC[N+](C)(C)C. The van der Waals surface area contributed by atoms with Crippen molar-refractivity contribution in [2.45, 2.75) is 109 Å². The third-order valence-corrected chi connectivity index (χ3v) is 11.0. The van der Waals surface area contributed by atoms with Gasteiger partial charge in [-0.2, -0.15) is 0 Å². The van der Waals surface area contributed by atoms with E-state index in [1.807, 2.05) is 106 Å². The number of halogens is 1. The molecular weight excluding hydrogens is 777 g/mol. The first kappa shape index (κ1) is 46.8. The van der Waals surface area contributed by atoms with Gasteiger partial charge in [0.2, 0.25) is 0 Å². The van der Waals surface area contributed by atoms with Crippen molar-refractivity contribution in [3.05, 3.63) is 118 Å². The first-order valence-corrected chi connectivity index (χ1v) is 22.5. The van der Waals surface area contributed by atoms with Crippen LogP contribution in [0.4, 0.5) is 0 Å². The van der Waals surface area contributed by atoms with Gasteiger partial charge >= 0.3 is 13.8 Å². The first-order valence-electron chi connectivity index (χ1n) is 20.2. The van der Waals surface area contributed by atoms with E-state index in [2.05, 4.69) is 35.0 Å². The minimum atomic E-state index is -4.44. The molecule has 0 bridgehead atoms. The van der Waals surface area contributed by atoms with Crippen LogP contribution in [0.5, 0.6) is 0 Å². The molecule has 304 valence electrons. The number of ether oxygens (including phenoxy) is 2. The van der Waals surface area contributed by atoms with Crippen LogP contribution in [0.1, 0.15) is 114 Å². The standard InChI is InChI=1S/C45H65BrNO7P/c1-5-6-7-8-9-10-11-12-13-14-15-16-17-18-25-30-44(48)54-43(38-53-55(49,50)52-36-35-47(2,3)4)37-51-45(39-26-21-19-22-27-39,40-28-23-20-24-29-40)41-31-33-42(46)34-32-41/h12-13,19-24,26-29,31-34,43H,5-11,14-18,25,30,35-38H2,1-4H3/p+1/b13-12-/t43-/m1/s1. The zero-order chi connectivity index (χ0) is 39.8. The summed E-state index contributed by atoms with van der Waals surface area (Å²) in [6, 6.07) is 27.7. The Morgan fingerprint density at radius 2 is 1.24 bits per heavy atom. The van der Waals surface area contributed by atoms with Gasteiger partial charge in [0.05, 0.1) is 34.4 Å². The Kier molecular flexibility index (Phi) is 21.8. The molecular formula is C45H66BrNO7P+. The van der Waals surface area contributed by atoms with Gasteiger partial charge in [0, 0.05) is 10.9 Å². The fraction of sp³-hybridized carbons (Fsp3) is 0.533. The topological polar surface area (TPSA) is 91.3 Å². The highest BCUT2D eigenvalue weighted by Crippen LogP contribution is 2.44. The number of carbonyl (C=O) groups excluding carboxylic acids is 1. The number of hydrogen-bond acceptors (Lipinski definition) is 6. The number of allylic oxidation sites excluding steroid dienone is 2. The summed E-state index contributed by atoms with van der Waals surface area (Å²) in [5.41, 5.74) is 1.52. The largest absolute Gasteiger partial charge is 0.472 e. The van der Waals surface area contributed by atoms with Crippen LogP contribution in [0.3, 0.4) is 0 Å². The number of phosphoric acid groups is 1. The predicted octanol–water partition coefficient (Wildman–Crippen LogP) is 11.5. The number of quaternary nitrogens is 1. The molecule has 1 unspecified atom stereocenters. The number of benzene rings is 3. The highest BCUT2D eigenvalue weighted by atomic mass is 79.9. The second kappa shape index (κ2) is 25.6. The van der Waals surface area contributed by atoms with Crippen molar-refractivity contribution in [1.82, 2.24) is 0 Å². The Hall–Kier alpha value is -2.62. The Labute approximate surface area is 340 Å². The van der Waals surface area contributed by atoms with Gasteiger partial charge in [0.1, 0.15) is 24.9 Å². The molecule has 3 aromatic rings. The maximum Gasteiger partial charge on any atom is 0.472 e. The van der Waals surface area contributed by atoms with Crippen LogP contribution in [0, 0.1) is 0 Å². The Balaban J connectivity index is 1.65. The molecule has 0 radical (unpaired) electrons. The fourth-order valence-corrected chi connectivity index (χ4v) is 7.35. The summed E-state index contributed by atoms with van der Waals surface area (Å²) in [5, 5.41) is 0. The Morgan fingerprint density at radius 3 is 1.78 bits per heavy atom. The van der Waals surface area contributed by atoms with E-state index in [-0.39, 0.29) is 26.2 Å². The summed E-state index contributed by atoms with van der Waals surface area (Å²) in [4.78, 5) is 23.8. The minimum absolute atomic E-state index is 0.0302. The summed E-state index contributed by atoms with van der Waals surface area (Å²) in [6.45, 7) is 2.30. The number of likely N-dealkylation sites (N-methyl/N-ethyl adjacent to an activating group) is 1. The normalized spacial score (nSPS) is 13.9. The molecule has 10 heteroatoms. The summed E-state index contributed by atoms with van der Waals surface area (Å²) in [5.74, 6) is -0.401.